The molecule has 0 amide bonds. The van der Waals surface area contributed by atoms with Gasteiger partial charge in [-0.3, -0.25) is 0 Å². The highest BCUT2D eigenvalue weighted by atomic mass is 16.8. The Bertz CT molecular complexity index is 934. The largest absolute Gasteiger partial charge is 0.508 e. The number of fused-ring (bicyclic) bond motifs is 3. The molecule has 2 saturated heterocycles. The Hall–Kier alpha value is -2.29. The summed E-state index contributed by atoms with van der Waals surface area (Å²) >= 11 is 0. The molecule has 186 valence electrons. The van der Waals surface area contributed by atoms with Crippen LogP contribution in [0.3, 0.4) is 0 Å². The number of aliphatic hydroxyl groups is 5. The number of rotatable bonds is 6. The maximum absolute atomic E-state index is 12.7. The molecule has 11 atom stereocenters. The molecule has 1 aromatic rings. The number of epoxide rings is 1. The fraction of sp³-hybridized carbons (Fsp3) is 0.591. The van der Waals surface area contributed by atoms with Crippen molar-refractivity contribution < 1.29 is 59.1 Å². The predicted molar refractivity (Wildman–Crippen MR) is 108 cm³/mol. The van der Waals surface area contributed by atoms with E-state index in [2.05, 4.69) is 0 Å². The van der Waals surface area contributed by atoms with E-state index in [1.807, 2.05) is 0 Å². The fourth-order valence-electron chi connectivity index (χ4n) is 5.08. The van der Waals surface area contributed by atoms with E-state index in [0.717, 1.165) is 0 Å². The van der Waals surface area contributed by atoms with Gasteiger partial charge in [-0.25, -0.2) is 4.79 Å². The minimum absolute atomic E-state index is 0.00264. The van der Waals surface area contributed by atoms with Crippen LogP contribution in [0.2, 0.25) is 0 Å². The van der Waals surface area contributed by atoms with E-state index in [1.54, 1.807) is 6.08 Å². The Morgan fingerprint density at radius 1 is 1.03 bits per heavy atom. The first-order chi connectivity index (χ1) is 16.3. The van der Waals surface area contributed by atoms with Crippen molar-refractivity contribution in [1.29, 1.82) is 0 Å². The first-order valence-corrected chi connectivity index (χ1v) is 10.9. The van der Waals surface area contributed by atoms with Crippen LogP contribution in [-0.2, 0) is 23.7 Å². The van der Waals surface area contributed by atoms with Gasteiger partial charge < -0.3 is 54.3 Å². The zero-order valence-electron chi connectivity index (χ0n) is 17.8. The average molecular weight is 482 g/mol. The van der Waals surface area contributed by atoms with Crippen molar-refractivity contribution in [3.05, 3.63) is 42.2 Å². The number of phenolic OH excluding ortho intramolecular Hbond substituents is 1. The zero-order chi connectivity index (χ0) is 24.2. The minimum Gasteiger partial charge on any atom is -0.508 e. The molecule has 12 heteroatoms. The highest BCUT2D eigenvalue weighted by molar-refractivity contribution is 5.89. The van der Waals surface area contributed by atoms with E-state index in [-0.39, 0.29) is 11.3 Å². The predicted octanol–water partition coefficient (Wildman–Crippen LogP) is -2.02. The van der Waals surface area contributed by atoms with Crippen LogP contribution in [0.15, 0.2) is 36.6 Å². The van der Waals surface area contributed by atoms with E-state index in [9.17, 15) is 35.4 Å². The van der Waals surface area contributed by atoms with E-state index in [4.69, 9.17) is 23.7 Å². The Kier molecular flexibility index (Phi) is 6.02. The summed E-state index contributed by atoms with van der Waals surface area (Å²) in [5, 5.41) is 59.3. The number of hydrogen-bond acceptors (Lipinski definition) is 12. The molecule has 4 aliphatic rings. The topological polar surface area (TPSA) is 188 Å². The number of benzene rings is 1. The number of aliphatic hydroxyl groups excluding tert-OH is 5. The molecule has 3 aliphatic heterocycles. The van der Waals surface area contributed by atoms with E-state index < -0.39 is 85.8 Å². The molecule has 1 aromatic carbocycles. The molecule has 0 radical (unpaired) electrons. The summed E-state index contributed by atoms with van der Waals surface area (Å²) in [5.41, 5.74) is -0.907. The molecule has 3 fully saturated rings. The lowest BCUT2D eigenvalue weighted by atomic mass is 9.85. The van der Waals surface area contributed by atoms with Crippen LogP contribution in [0.5, 0.6) is 5.75 Å². The van der Waals surface area contributed by atoms with Gasteiger partial charge in [0, 0.05) is 5.92 Å². The molecule has 6 N–H and O–H groups in total. The van der Waals surface area contributed by atoms with Crippen molar-refractivity contribution in [2.75, 3.05) is 13.2 Å². The van der Waals surface area contributed by atoms with Crippen LogP contribution >= 0.6 is 0 Å². The molecule has 1 aliphatic carbocycles. The molecule has 1 saturated carbocycles. The van der Waals surface area contributed by atoms with Crippen LogP contribution in [-0.4, -0.2) is 105 Å². The van der Waals surface area contributed by atoms with Gasteiger partial charge in [0.05, 0.1) is 31.0 Å². The second-order valence-electron chi connectivity index (χ2n) is 8.84. The minimum atomic E-state index is -1.64. The Morgan fingerprint density at radius 2 is 1.76 bits per heavy atom. The smallest absolute Gasteiger partial charge is 0.338 e. The van der Waals surface area contributed by atoms with E-state index in [0.29, 0.717) is 0 Å². The van der Waals surface area contributed by atoms with Crippen molar-refractivity contribution in [3.8, 4) is 5.75 Å². The van der Waals surface area contributed by atoms with Gasteiger partial charge in [-0.05, 0) is 30.3 Å². The SMILES string of the molecule is O=C(OC1C2O[C@]2(CO)[C@H]2C(OC3OC(CO)C(O)C(O)C3O)OC=C[C@@H]12)c1ccc(O)cc1. The van der Waals surface area contributed by atoms with E-state index >= 15 is 0 Å². The van der Waals surface area contributed by atoms with Gasteiger partial charge in [0.15, 0.2) is 6.29 Å². The van der Waals surface area contributed by atoms with Crippen molar-refractivity contribution >= 4 is 5.97 Å². The number of phenols is 1. The molecular formula is C22H26O12. The molecule has 8 unspecified atom stereocenters. The van der Waals surface area contributed by atoms with Gasteiger partial charge in [-0.15, -0.1) is 0 Å². The lowest BCUT2D eigenvalue weighted by Gasteiger charge is -2.43. The van der Waals surface area contributed by atoms with Gasteiger partial charge in [0.1, 0.15) is 48.0 Å². The maximum Gasteiger partial charge on any atom is 0.338 e. The summed E-state index contributed by atoms with van der Waals surface area (Å²) in [7, 11) is 0. The third kappa shape index (κ3) is 3.67. The van der Waals surface area contributed by atoms with Crippen LogP contribution in [0.1, 0.15) is 10.4 Å². The molecule has 0 aromatic heterocycles. The van der Waals surface area contributed by atoms with E-state index in [1.165, 1.54) is 30.5 Å². The summed E-state index contributed by atoms with van der Waals surface area (Å²) in [4.78, 5) is 12.7. The van der Waals surface area contributed by atoms with Gasteiger partial charge in [-0.1, -0.05) is 0 Å². The van der Waals surface area contributed by atoms with Gasteiger partial charge in [0.25, 0.3) is 0 Å². The fourth-order valence-corrected chi connectivity index (χ4v) is 5.08. The Morgan fingerprint density at radius 3 is 2.44 bits per heavy atom. The third-order valence-electron chi connectivity index (χ3n) is 6.94. The van der Waals surface area contributed by atoms with Gasteiger partial charge in [-0.2, -0.15) is 0 Å². The van der Waals surface area contributed by atoms with Crippen LogP contribution in [0.25, 0.3) is 0 Å². The maximum atomic E-state index is 12.7. The standard InChI is InChI=1S/C22H26O12/c23-7-12-14(26)15(27)16(28)21(31-12)33-20-13-11(5-6-30-20)17(18-22(13,8-24)34-18)32-19(29)9-1-3-10(25)4-2-9/h1-6,11-18,20-21,23-28H,7-8H2/t11-,12?,13-,14?,15?,16?,17?,18?,20?,21?,22-/m1/s1. The molecule has 0 spiro atoms. The number of carbonyl (C=O) groups excluding carboxylic acids is 1. The van der Waals surface area contributed by atoms with Crippen molar-refractivity contribution in [2.24, 2.45) is 11.8 Å². The van der Waals surface area contributed by atoms with Crippen molar-refractivity contribution in [3.63, 3.8) is 0 Å². The van der Waals surface area contributed by atoms with Gasteiger partial charge in [0.2, 0.25) is 6.29 Å². The normalized spacial score (nSPS) is 44.6. The zero-order valence-corrected chi connectivity index (χ0v) is 17.8. The molecule has 5 rings (SSSR count). The number of carbonyl (C=O) groups is 1. The number of aromatic hydroxyl groups is 1. The molecule has 34 heavy (non-hydrogen) atoms. The van der Waals surface area contributed by atoms with Crippen LogP contribution in [0, 0.1) is 11.8 Å². The lowest BCUT2D eigenvalue weighted by Crippen LogP contribution is -2.60. The number of hydrogen-bond donors (Lipinski definition) is 6. The van der Waals surface area contributed by atoms with Crippen molar-refractivity contribution in [1.82, 2.24) is 0 Å². The second-order valence-corrected chi connectivity index (χ2v) is 8.84. The quantitative estimate of drug-likeness (QED) is 0.193. The van der Waals surface area contributed by atoms with Crippen LogP contribution < -0.4 is 0 Å². The number of ether oxygens (including phenoxy) is 5. The number of esters is 1. The Balaban J connectivity index is 1.34. The summed E-state index contributed by atoms with van der Waals surface area (Å²) in [5.74, 6) is -1.78. The molecule has 12 nitrogen and oxygen atoms in total. The lowest BCUT2D eigenvalue weighted by molar-refractivity contribution is -0.344. The first-order valence-electron chi connectivity index (χ1n) is 10.9. The molecule has 3 heterocycles. The van der Waals surface area contributed by atoms with Gasteiger partial charge >= 0.3 is 5.97 Å². The first kappa shape index (κ1) is 23.5. The summed E-state index contributed by atoms with van der Waals surface area (Å²) in [6, 6.07) is 5.56. The second kappa shape index (κ2) is 8.73. The third-order valence-corrected chi connectivity index (χ3v) is 6.94. The molecule has 0 bridgehead atoms. The summed E-state index contributed by atoms with van der Waals surface area (Å²) < 4.78 is 28.3. The summed E-state index contributed by atoms with van der Waals surface area (Å²) in [6.45, 7) is -1.04. The monoisotopic (exact) mass is 482 g/mol. The van der Waals surface area contributed by atoms with Crippen LogP contribution in [0.4, 0.5) is 0 Å². The highest BCUT2D eigenvalue weighted by Crippen LogP contribution is 2.60. The van der Waals surface area contributed by atoms with Crippen molar-refractivity contribution in [2.45, 2.75) is 54.8 Å². The average Bonchev–Trinajstić information content (AvgIpc) is 3.52. The highest BCUT2D eigenvalue weighted by Gasteiger charge is 2.77. The summed E-state index contributed by atoms with van der Waals surface area (Å²) in [6.07, 6.45) is -6.99. The molecular weight excluding hydrogens is 456 g/mol. The Labute approximate surface area is 193 Å².